The Hall–Kier alpha value is -2.80. The Bertz CT molecular complexity index is 1050. The van der Waals surface area contributed by atoms with Crippen LogP contribution in [0.15, 0.2) is 47.4 Å². The number of fused-ring (bicyclic) bond motifs is 1. The van der Waals surface area contributed by atoms with Crippen molar-refractivity contribution < 1.29 is 14.6 Å². The molecule has 2 aliphatic heterocycles. The summed E-state index contributed by atoms with van der Waals surface area (Å²) in [4.78, 5) is 28.9. The molecule has 1 amide bonds. The third-order valence-electron chi connectivity index (χ3n) is 7.30. The van der Waals surface area contributed by atoms with Crippen LogP contribution in [0.5, 0.6) is 5.75 Å². The number of amides is 1. The number of nitrogens with zero attached hydrogens (tertiary/aromatic N) is 3. The molecule has 1 aliphatic carbocycles. The first-order valence-electron chi connectivity index (χ1n) is 11.6. The van der Waals surface area contributed by atoms with Gasteiger partial charge in [-0.3, -0.25) is 9.59 Å². The molecule has 7 nitrogen and oxygen atoms in total. The second-order valence-corrected chi connectivity index (χ2v) is 9.45. The van der Waals surface area contributed by atoms with Gasteiger partial charge in [0.05, 0.1) is 17.4 Å². The second-order valence-electron chi connectivity index (χ2n) is 9.45. The quantitative estimate of drug-likeness (QED) is 0.794. The number of aryl methyl sites for hydroxylation is 1. The molecule has 32 heavy (non-hydrogen) atoms. The minimum Gasteiger partial charge on any atom is -0.486 e. The minimum atomic E-state index is -0.546. The Labute approximate surface area is 188 Å². The van der Waals surface area contributed by atoms with Gasteiger partial charge in [-0.25, -0.2) is 0 Å². The lowest BCUT2D eigenvalue weighted by Crippen LogP contribution is -2.42. The molecule has 0 radical (unpaired) electrons. The van der Waals surface area contributed by atoms with Crippen molar-refractivity contribution in [2.75, 3.05) is 31.1 Å². The van der Waals surface area contributed by atoms with E-state index in [1.54, 1.807) is 19.3 Å². The van der Waals surface area contributed by atoms with Crippen LogP contribution >= 0.6 is 0 Å². The fraction of sp³-hybridized carbons (Fsp3) is 0.520. The number of anilines is 1. The van der Waals surface area contributed by atoms with Crippen molar-refractivity contribution in [2.24, 2.45) is 18.9 Å². The predicted molar refractivity (Wildman–Crippen MR) is 122 cm³/mol. The molecule has 1 aromatic carbocycles. The molecule has 3 fully saturated rings. The van der Waals surface area contributed by atoms with Crippen LogP contribution in [-0.4, -0.2) is 58.9 Å². The summed E-state index contributed by atoms with van der Waals surface area (Å²) in [5.41, 5.74) is 1.50. The molecule has 1 saturated carbocycles. The molecule has 2 saturated heterocycles. The first-order chi connectivity index (χ1) is 15.5. The van der Waals surface area contributed by atoms with Crippen molar-refractivity contribution in [3.05, 3.63) is 58.5 Å². The number of para-hydroxylation sites is 2. The smallest absolute Gasteiger partial charge is 0.255 e. The maximum absolute atomic E-state index is 13.0. The molecule has 170 valence electrons. The van der Waals surface area contributed by atoms with E-state index in [9.17, 15) is 14.7 Å². The lowest BCUT2D eigenvalue weighted by Gasteiger charge is -2.36. The van der Waals surface area contributed by atoms with Gasteiger partial charge in [-0.2, -0.15) is 0 Å². The molecule has 4 atom stereocenters. The minimum absolute atomic E-state index is 0.0543. The maximum atomic E-state index is 13.0. The number of rotatable bonds is 4. The topological polar surface area (TPSA) is 75.0 Å². The van der Waals surface area contributed by atoms with Gasteiger partial charge in [-0.1, -0.05) is 12.1 Å². The Morgan fingerprint density at radius 2 is 1.75 bits per heavy atom. The zero-order chi connectivity index (χ0) is 22.2. The van der Waals surface area contributed by atoms with Gasteiger partial charge in [0.2, 0.25) is 5.56 Å². The normalized spacial score (nSPS) is 27.4. The van der Waals surface area contributed by atoms with E-state index in [1.165, 1.54) is 23.5 Å². The zero-order valence-electron chi connectivity index (χ0n) is 18.5. The van der Waals surface area contributed by atoms with Crippen LogP contribution in [0.25, 0.3) is 0 Å². The van der Waals surface area contributed by atoms with Crippen LogP contribution < -0.4 is 15.2 Å². The van der Waals surface area contributed by atoms with E-state index in [0.29, 0.717) is 31.0 Å². The van der Waals surface area contributed by atoms with Crippen LogP contribution in [0, 0.1) is 11.8 Å². The summed E-state index contributed by atoms with van der Waals surface area (Å²) >= 11 is 0. The molecule has 2 aromatic rings. The lowest BCUT2D eigenvalue weighted by molar-refractivity contribution is -0.0229. The number of carbonyl (C=O) groups is 1. The van der Waals surface area contributed by atoms with Gasteiger partial charge in [0.25, 0.3) is 5.91 Å². The Morgan fingerprint density at radius 3 is 2.50 bits per heavy atom. The summed E-state index contributed by atoms with van der Waals surface area (Å²) in [7, 11) is 1.65. The van der Waals surface area contributed by atoms with Crippen LogP contribution in [0.2, 0.25) is 0 Å². The van der Waals surface area contributed by atoms with Gasteiger partial charge in [-0.15, -0.1) is 0 Å². The highest BCUT2D eigenvalue weighted by atomic mass is 16.5. The van der Waals surface area contributed by atoms with E-state index >= 15 is 0 Å². The average molecular weight is 438 g/mol. The molecule has 0 bridgehead atoms. The van der Waals surface area contributed by atoms with E-state index in [0.717, 1.165) is 30.9 Å². The number of carbonyl (C=O) groups excluding carboxylic acids is 1. The van der Waals surface area contributed by atoms with Crippen molar-refractivity contribution in [3.63, 3.8) is 0 Å². The number of aromatic nitrogens is 1. The standard InChI is InChI=1S/C25H31N3O4/c1-26-14-17(8-9-24(26)30)25(31)28-15-18-12-21(29)23(13-19(18)16-28)32-22-7-3-2-6-20(22)27-10-4-5-11-27/h2-3,6-9,14,18-19,21,23,29H,4-5,10-13,15-16H2,1H3/t18-,19+,21+,23+/m0/s1. The lowest BCUT2D eigenvalue weighted by atomic mass is 9.78. The van der Waals surface area contributed by atoms with E-state index in [-0.39, 0.29) is 23.5 Å². The van der Waals surface area contributed by atoms with Gasteiger partial charge in [-0.05, 0) is 55.7 Å². The van der Waals surface area contributed by atoms with Crippen molar-refractivity contribution in [3.8, 4) is 5.75 Å². The second kappa shape index (κ2) is 8.62. The number of likely N-dealkylation sites (tertiary alicyclic amines) is 1. The highest BCUT2D eigenvalue weighted by Crippen LogP contribution is 2.40. The summed E-state index contributed by atoms with van der Waals surface area (Å²) in [6.45, 7) is 3.38. The van der Waals surface area contributed by atoms with Crippen LogP contribution in [-0.2, 0) is 7.05 Å². The number of aliphatic hydroxyl groups excluding tert-OH is 1. The number of hydrogen-bond acceptors (Lipinski definition) is 5. The third kappa shape index (κ3) is 4.01. The van der Waals surface area contributed by atoms with Gasteiger partial charge >= 0.3 is 0 Å². The van der Waals surface area contributed by atoms with Crippen molar-refractivity contribution in [1.82, 2.24) is 9.47 Å². The number of aliphatic hydroxyl groups is 1. The number of ether oxygens (including phenoxy) is 1. The fourth-order valence-corrected chi connectivity index (χ4v) is 5.52. The van der Waals surface area contributed by atoms with Crippen LogP contribution in [0.4, 0.5) is 5.69 Å². The Morgan fingerprint density at radius 1 is 1.03 bits per heavy atom. The summed E-state index contributed by atoms with van der Waals surface area (Å²) in [6, 6.07) is 11.1. The molecular weight excluding hydrogens is 406 g/mol. The van der Waals surface area contributed by atoms with E-state index in [1.807, 2.05) is 23.1 Å². The summed E-state index contributed by atoms with van der Waals surface area (Å²) in [5.74, 6) is 1.36. The zero-order valence-corrected chi connectivity index (χ0v) is 18.5. The Balaban J connectivity index is 1.27. The molecule has 0 unspecified atom stereocenters. The van der Waals surface area contributed by atoms with E-state index in [2.05, 4.69) is 11.0 Å². The van der Waals surface area contributed by atoms with Gasteiger partial charge in [0, 0.05) is 45.5 Å². The van der Waals surface area contributed by atoms with Crippen LogP contribution in [0.1, 0.15) is 36.0 Å². The summed E-state index contributed by atoms with van der Waals surface area (Å²) in [6.07, 6.45) is 4.55. The average Bonchev–Trinajstić information content (AvgIpc) is 3.46. The highest BCUT2D eigenvalue weighted by molar-refractivity contribution is 5.94. The molecule has 1 N–H and O–H groups in total. The SMILES string of the molecule is Cn1cc(C(=O)N2C[C@H]3C[C@@H](Oc4ccccc4N4CCCC4)[C@H](O)C[C@H]3C2)ccc1=O. The van der Waals surface area contributed by atoms with Crippen molar-refractivity contribution in [1.29, 1.82) is 0 Å². The number of benzene rings is 1. The van der Waals surface area contributed by atoms with Gasteiger partial charge in [0.1, 0.15) is 11.9 Å². The molecular formula is C25H31N3O4. The number of hydrogen-bond donors (Lipinski definition) is 1. The molecule has 3 aliphatic rings. The maximum Gasteiger partial charge on any atom is 0.255 e. The summed E-state index contributed by atoms with van der Waals surface area (Å²) < 4.78 is 7.83. The molecule has 0 spiro atoms. The summed E-state index contributed by atoms with van der Waals surface area (Å²) in [5, 5.41) is 10.9. The van der Waals surface area contributed by atoms with Crippen LogP contribution in [0.3, 0.4) is 0 Å². The molecule has 3 heterocycles. The largest absolute Gasteiger partial charge is 0.486 e. The molecule has 7 heteroatoms. The monoisotopic (exact) mass is 437 g/mol. The fourth-order valence-electron chi connectivity index (χ4n) is 5.52. The highest BCUT2D eigenvalue weighted by Gasteiger charge is 2.44. The van der Waals surface area contributed by atoms with E-state index < -0.39 is 6.10 Å². The van der Waals surface area contributed by atoms with Crippen molar-refractivity contribution >= 4 is 11.6 Å². The predicted octanol–water partition coefficient (Wildman–Crippen LogP) is 2.28. The van der Waals surface area contributed by atoms with Gasteiger partial charge in [0.15, 0.2) is 0 Å². The number of pyridine rings is 1. The van der Waals surface area contributed by atoms with Crippen molar-refractivity contribution in [2.45, 2.75) is 37.9 Å². The molecule has 5 rings (SSSR count). The Kier molecular flexibility index (Phi) is 5.67. The third-order valence-corrected chi connectivity index (χ3v) is 7.30. The van der Waals surface area contributed by atoms with Gasteiger partial charge < -0.3 is 24.2 Å². The first kappa shape index (κ1) is 21.1. The first-order valence-corrected chi connectivity index (χ1v) is 11.6. The van der Waals surface area contributed by atoms with E-state index in [4.69, 9.17) is 4.74 Å². The molecule has 1 aromatic heterocycles.